The number of hydrogen-bond acceptors (Lipinski definition) is 5. The average Bonchev–Trinajstić information content (AvgIpc) is 2.99. The second-order valence-corrected chi connectivity index (χ2v) is 4.02. The van der Waals surface area contributed by atoms with E-state index in [1.54, 1.807) is 0 Å². The van der Waals surface area contributed by atoms with Crippen LogP contribution in [0, 0.1) is 0 Å². The molecule has 18 heavy (non-hydrogen) atoms. The van der Waals surface area contributed by atoms with E-state index in [-0.39, 0.29) is 6.03 Å². The normalized spacial score (nSPS) is 18.9. The van der Waals surface area contributed by atoms with Crippen LogP contribution in [0.15, 0.2) is 10.9 Å². The van der Waals surface area contributed by atoms with Crippen LogP contribution in [0.25, 0.3) is 0 Å². The SMILES string of the molecule is O=C(O)[C@H]1CCCN1C(=O)NCCc1ncon1. The Morgan fingerprint density at radius 3 is 3.11 bits per heavy atom. The summed E-state index contributed by atoms with van der Waals surface area (Å²) in [5.74, 6) is -0.452. The van der Waals surface area contributed by atoms with E-state index >= 15 is 0 Å². The van der Waals surface area contributed by atoms with Gasteiger partial charge in [-0.05, 0) is 12.8 Å². The van der Waals surface area contributed by atoms with Gasteiger partial charge in [0.15, 0.2) is 5.82 Å². The highest BCUT2D eigenvalue weighted by atomic mass is 16.5. The summed E-state index contributed by atoms with van der Waals surface area (Å²) < 4.78 is 4.56. The molecule has 1 aliphatic heterocycles. The van der Waals surface area contributed by atoms with Gasteiger partial charge in [-0.25, -0.2) is 9.59 Å². The van der Waals surface area contributed by atoms with Crippen LogP contribution < -0.4 is 5.32 Å². The molecule has 0 aliphatic carbocycles. The zero-order chi connectivity index (χ0) is 13.0. The molecule has 1 aromatic rings. The van der Waals surface area contributed by atoms with Crippen LogP contribution in [-0.2, 0) is 11.2 Å². The Bertz CT molecular complexity index is 420. The molecule has 1 saturated heterocycles. The first-order valence-corrected chi connectivity index (χ1v) is 5.71. The van der Waals surface area contributed by atoms with Crippen LogP contribution in [-0.4, -0.2) is 51.3 Å². The van der Waals surface area contributed by atoms with Crippen LogP contribution in [0.2, 0.25) is 0 Å². The molecular formula is C10H14N4O4. The number of hydrogen-bond donors (Lipinski definition) is 2. The van der Waals surface area contributed by atoms with Crippen LogP contribution >= 0.6 is 0 Å². The summed E-state index contributed by atoms with van der Waals surface area (Å²) in [6.07, 6.45) is 2.90. The van der Waals surface area contributed by atoms with E-state index in [4.69, 9.17) is 5.11 Å². The molecule has 1 aliphatic rings. The standard InChI is InChI=1S/C10H14N4O4/c15-9(16)7-2-1-5-14(7)10(17)11-4-3-8-12-6-18-13-8/h6-7H,1-5H2,(H,11,17)(H,15,16)/t7-/m1/s1. The van der Waals surface area contributed by atoms with Crippen molar-refractivity contribution < 1.29 is 19.2 Å². The lowest BCUT2D eigenvalue weighted by Crippen LogP contribution is -2.46. The summed E-state index contributed by atoms with van der Waals surface area (Å²) in [6.45, 7) is 0.826. The molecule has 0 bridgehead atoms. The Balaban J connectivity index is 1.79. The highest BCUT2D eigenvalue weighted by Gasteiger charge is 2.33. The van der Waals surface area contributed by atoms with Gasteiger partial charge in [0.25, 0.3) is 0 Å². The summed E-state index contributed by atoms with van der Waals surface area (Å²) in [6, 6.07) is -1.07. The summed E-state index contributed by atoms with van der Waals surface area (Å²) in [4.78, 5) is 27.9. The number of carbonyl (C=O) groups is 2. The number of rotatable bonds is 4. The van der Waals surface area contributed by atoms with Gasteiger partial charge in [-0.15, -0.1) is 0 Å². The highest BCUT2D eigenvalue weighted by molar-refractivity contribution is 5.83. The van der Waals surface area contributed by atoms with Crippen molar-refractivity contribution in [3.05, 3.63) is 12.2 Å². The Morgan fingerprint density at radius 2 is 2.44 bits per heavy atom. The zero-order valence-electron chi connectivity index (χ0n) is 9.70. The van der Waals surface area contributed by atoms with E-state index in [2.05, 4.69) is 20.0 Å². The number of carboxylic acid groups (broad SMARTS) is 1. The third kappa shape index (κ3) is 2.76. The molecule has 0 unspecified atom stereocenters. The third-order valence-corrected chi connectivity index (χ3v) is 2.83. The first-order chi connectivity index (χ1) is 8.68. The van der Waals surface area contributed by atoms with Gasteiger partial charge >= 0.3 is 12.0 Å². The van der Waals surface area contributed by atoms with Crippen molar-refractivity contribution in [3.8, 4) is 0 Å². The maximum Gasteiger partial charge on any atom is 0.326 e. The van der Waals surface area contributed by atoms with Crippen molar-refractivity contribution in [1.29, 1.82) is 0 Å². The van der Waals surface area contributed by atoms with Crippen molar-refractivity contribution in [2.24, 2.45) is 0 Å². The summed E-state index contributed by atoms with van der Waals surface area (Å²) >= 11 is 0. The van der Waals surface area contributed by atoms with E-state index in [9.17, 15) is 9.59 Å². The monoisotopic (exact) mass is 254 g/mol. The summed E-state index contributed by atoms with van der Waals surface area (Å²) in [5, 5.41) is 15.2. The highest BCUT2D eigenvalue weighted by Crippen LogP contribution is 2.17. The predicted molar refractivity (Wildman–Crippen MR) is 58.8 cm³/mol. The van der Waals surface area contributed by atoms with Crippen molar-refractivity contribution in [2.45, 2.75) is 25.3 Å². The minimum atomic E-state index is -0.958. The number of nitrogens with one attached hydrogen (secondary N) is 1. The Hall–Kier alpha value is -2.12. The molecule has 0 saturated carbocycles. The van der Waals surface area contributed by atoms with Crippen molar-refractivity contribution in [2.75, 3.05) is 13.1 Å². The van der Waals surface area contributed by atoms with Gasteiger partial charge in [-0.2, -0.15) is 4.98 Å². The number of aliphatic carboxylic acids is 1. The van der Waals surface area contributed by atoms with E-state index in [0.29, 0.717) is 31.8 Å². The van der Waals surface area contributed by atoms with E-state index in [0.717, 1.165) is 6.42 Å². The molecule has 1 atom stereocenters. The smallest absolute Gasteiger partial charge is 0.326 e. The minimum Gasteiger partial charge on any atom is -0.480 e. The van der Waals surface area contributed by atoms with E-state index < -0.39 is 12.0 Å². The van der Waals surface area contributed by atoms with E-state index in [1.807, 2.05) is 0 Å². The molecular weight excluding hydrogens is 240 g/mol. The van der Waals surface area contributed by atoms with Crippen LogP contribution in [0.4, 0.5) is 4.79 Å². The number of aromatic nitrogens is 2. The van der Waals surface area contributed by atoms with Gasteiger partial charge in [-0.3, -0.25) is 0 Å². The second-order valence-electron chi connectivity index (χ2n) is 4.02. The van der Waals surface area contributed by atoms with Gasteiger partial charge in [0, 0.05) is 19.5 Å². The lowest BCUT2D eigenvalue weighted by Gasteiger charge is -2.21. The molecule has 1 fully saturated rings. The first-order valence-electron chi connectivity index (χ1n) is 5.71. The average molecular weight is 254 g/mol. The van der Waals surface area contributed by atoms with Crippen molar-refractivity contribution >= 4 is 12.0 Å². The molecule has 0 radical (unpaired) electrons. The fourth-order valence-electron chi connectivity index (χ4n) is 1.95. The number of likely N-dealkylation sites (tertiary alicyclic amines) is 1. The lowest BCUT2D eigenvalue weighted by molar-refractivity contribution is -0.141. The Morgan fingerprint density at radius 1 is 1.61 bits per heavy atom. The van der Waals surface area contributed by atoms with E-state index in [1.165, 1.54) is 11.3 Å². The fraction of sp³-hybridized carbons (Fsp3) is 0.600. The van der Waals surface area contributed by atoms with Gasteiger partial charge in [0.1, 0.15) is 6.04 Å². The maximum atomic E-state index is 11.8. The number of carbonyl (C=O) groups excluding carboxylic acids is 1. The fourth-order valence-corrected chi connectivity index (χ4v) is 1.95. The summed E-state index contributed by atoms with van der Waals surface area (Å²) in [7, 11) is 0. The van der Waals surface area contributed by atoms with Crippen LogP contribution in [0.3, 0.4) is 0 Å². The number of nitrogens with zero attached hydrogens (tertiary/aromatic N) is 3. The molecule has 0 aromatic carbocycles. The number of amides is 2. The quantitative estimate of drug-likeness (QED) is 0.774. The molecule has 0 spiro atoms. The molecule has 1 aromatic heterocycles. The van der Waals surface area contributed by atoms with Gasteiger partial charge in [-0.1, -0.05) is 5.16 Å². The van der Waals surface area contributed by atoms with Crippen molar-refractivity contribution in [3.63, 3.8) is 0 Å². The Labute approximate surface area is 103 Å². The Kier molecular flexibility index (Phi) is 3.75. The van der Waals surface area contributed by atoms with Gasteiger partial charge in [0.2, 0.25) is 6.39 Å². The van der Waals surface area contributed by atoms with Crippen LogP contribution in [0.1, 0.15) is 18.7 Å². The molecule has 2 heterocycles. The predicted octanol–water partition coefficient (Wildman–Crippen LogP) is -0.129. The lowest BCUT2D eigenvalue weighted by atomic mass is 10.2. The minimum absolute atomic E-state index is 0.348. The summed E-state index contributed by atoms with van der Waals surface area (Å²) in [5.41, 5.74) is 0. The topological polar surface area (TPSA) is 109 Å². The molecule has 2 rings (SSSR count). The van der Waals surface area contributed by atoms with Crippen LogP contribution in [0.5, 0.6) is 0 Å². The largest absolute Gasteiger partial charge is 0.480 e. The molecule has 8 heteroatoms. The zero-order valence-corrected chi connectivity index (χ0v) is 9.70. The molecule has 8 nitrogen and oxygen atoms in total. The first kappa shape index (κ1) is 12.3. The number of carboxylic acids is 1. The third-order valence-electron chi connectivity index (χ3n) is 2.83. The number of urea groups is 1. The van der Waals surface area contributed by atoms with Gasteiger partial charge in [0.05, 0.1) is 0 Å². The maximum absolute atomic E-state index is 11.8. The molecule has 2 N–H and O–H groups in total. The van der Waals surface area contributed by atoms with Gasteiger partial charge < -0.3 is 19.8 Å². The molecule has 98 valence electrons. The second kappa shape index (κ2) is 5.48. The molecule has 2 amide bonds. The van der Waals surface area contributed by atoms with Crippen molar-refractivity contribution in [1.82, 2.24) is 20.4 Å².